The molecule has 15 heavy (non-hydrogen) atoms. The Morgan fingerprint density at radius 2 is 2.33 bits per heavy atom. The number of hydrogen-bond donors (Lipinski definition) is 1. The Labute approximate surface area is 104 Å². The van der Waals surface area contributed by atoms with Gasteiger partial charge in [-0.3, -0.25) is 0 Å². The number of aromatic nitrogens is 3. The van der Waals surface area contributed by atoms with Crippen molar-refractivity contribution in [3.63, 3.8) is 0 Å². The first kappa shape index (κ1) is 11.3. The fourth-order valence-electron chi connectivity index (χ4n) is 2.30. The maximum atomic E-state index is 5.60. The number of hydrogen-bond acceptors (Lipinski definition) is 3. The molecule has 2 N–H and O–H groups in total. The van der Waals surface area contributed by atoms with Crippen molar-refractivity contribution in [2.75, 3.05) is 0 Å². The Morgan fingerprint density at radius 1 is 1.53 bits per heavy atom. The smallest absolute Gasteiger partial charge is 0.124 e. The van der Waals surface area contributed by atoms with Crippen LogP contribution in [-0.2, 0) is 6.54 Å². The summed E-state index contributed by atoms with van der Waals surface area (Å²) in [4.78, 5) is 0. The second-order valence-corrected chi connectivity index (χ2v) is 5.42. The predicted octanol–water partition coefficient (Wildman–Crippen LogP) is 2.09. The largest absolute Gasteiger partial charge is 0.325 e. The van der Waals surface area contributed by atoms with Gasteiger partial charge in [-0.1, -0.05) is 25.0 Å². The van der Waals surface area contributed by atoms with E-state index >= 15 is 0 Å². The predicted molar refractivity (Wildman–Crippen MR) is 67.3 cm³/mol. The highest BCUT2D eigenvalue weighted by Crippen LogP contribution is 2.32. The molecule has 84 valence electrons. The maximum Gasteiger partial charge on any atom is 0.124 e. The zero-order chi connectivity index (χ0) is 10.8. The van der Waals surface area contributed by atoms with Crippen molar-refractivity contribution < 1.29 is 0 Å². The standard InChI is InChI=1S/C10H17IN4/c1-7-3-2-4-8(5-7)15-10(11)9(6-12)13-14-15/h7-8H,2-6,12H2,1H3. The summed E-state index contributed by atoms with van der Waals surface area (Å²) in [6, 6.07) is 0.536. The highest BCUT2D eigenvalue weighted by molar-refractivity contribution is 14.1. The van der Waals surface area contributed by atoms with Gasteiger partial charge in [0.2, 0.25) is 0 Å². The molecule has 0 spiro atoms. The fraction of sp³-hybridized carbons (Fsp3) is 0.800. The molecule has 0 radical (unpaired) electrons. The summed E-state index contributed by atoms with van der Waals surface area (Å²) in [6.07, 6.45) is 5.11. The van der Waals surface area contributed by atoms with E-state index in [4.69, 9.17) is 5.73 Å². The topological polar surface area (TPSA) is 56.7 Å². The molecule has 1 aliphatic rings. The van der Waals surface area contributed by atoms with Crippen molar-refractivity contribution in [2.24, 2.45) is 11.7 Å². The Kier molecular flexibility index (Phi) is 3.60. The first-order chi connectivity index (χ1) is 7.22. The van der Waals surface area contributed by atoms with Crippen LogP contribution < -0.4 is 5.73 Å². The Morgan fingerprint density at radius 3 is 2.93 bits per heavy atom. The lowest BCUT2D eigenvalue weighted by atomic mass is 9.87. The molecule has 0 amide bonds. The summed E-state index contributed by atoms with van der Waals surface area (Å²) in [5.74, 6) is 0.810. The van der Waals surface area contributed by atoms with Crippen molar-refractivity contribution in [2.45, 2.75) is 45.2 Å². The first-order valence-electron chi connectivity index (χ1n) is 5.52. The van der Waals surface area contributed by atoms with E-state index in [0.717, 1.165) is 15.3 Å². The van der Waals surface area contributed by atoms with Crippen molar-refractivity contribution in [3.8, 4) is 0 Å². The molecule has 1 fully saturated rings. The lowest BCUT2D eigenvalue weighted by Gasteiger charge is -2.26. The summed E-state index contributed by atoms with van der Waals surface area (Å²) in [5.41, 5.74) is 6.53. The third-order valence-corrected chi connectivity index (χ3v) is 4.27. The van der Waals surface area contributed by atoms with Crippen LogP contribution in [0.4, 0.5) is 0 Å². The van der Waals surface area contributed by atoms with Crippen LogP contribution in [-0.4, -0.2) is 15.0 Å². The third-order valence-electron chi connectivity index (χ3n) is 3.15. The minimum absolute atomic E-state index is 0.487. The van der Waals surface area contributed by atoms with Crippen LogP contribution >= 0.6 is 22.6 Å². The van der Waals surface area contributed by atoms with E-state index in [1.807, 2.05) is 0 Å². The zero-order valence-electron chi connectivity index (χ0n) is 8.99. The normalized spacial score (nSPS) is 26.9. The Bertz CT molecular complexity index is 336. The average Bonchev–Trinajstić information content (AvgIpc) is 2.59. The third kappa shape index (κ3) is 2.33. The van der Waals surface area contributed by atoms with E-state index in [1.165, 1.54) is 25.7 Å². The molecule has 0 aromatic carbocycles. The Hall–Kier alpha value is -0.170. The fourth-order valence-corrected chi connectivity index (χ4v) is 3.12. The van der Waals surface area contributed by atoms with Gasteiger partial charge in [0, 0.05) is 6.54 Å². The van der Waals surface area contributed by atoms with Crippen molar-refractivity contribution in [1.29, 1.82) is 0 Å². The summed E-state index contributed by atoms with van der Waals surface area (Å²) >= 11 is 2.30. The second kappa shape index (κ2) is 4.78. The molecule has 0 bridgehead atoms. The molecule has 1 saturated carbocycles. The van der Waals surface area contributed by atoms with Crippen molar-refractivity contribution in [3.05, 3.63) is 9.39 Å². The quantitative estimate of drug-likeness (QED) is 0.849. The zero-order valence-corrected chi connectivity index (χ0v) is 11.1. The van der Waals surface area contributed by atoms with Gasteiger partial charge in [-0.15, -0.1) is 5.10 Å². The first-order valence-corrected chi connectivity index (χ1v) is 6.60. The summed E-state index contributed by atoms with van der Waals surface area (Å²) in [7, 11) is 0. The van der Waals surface area contributed by atoms with Crippen LogP contribution in [0.2, 0.25) is 0 Å². The molecule has 4 nitrogen and oxygen atoms in total. The summed E-state index contributed by atoms with van der Waals surface area (Å²) in [5, 5.41) is 8.34. The highest BCUT2D eigenvalue weighted by atomic mass is 127. The summed E-state index contributed by atoms with van der Waals surface area (Å²) < 4.78 is 3.19. The molecule has 1 heterocycles. The van der Waals surface area contributed by atoms with Gasteiger partial charge in [0.15, 0.2) is 0 Å². The van der Waals surface area contributed by atoms with Gasteiger partial charge in [0.25, 0.3) is 0 Å². The molecule has 2 atom stereocenters. The van der Waals surface area contributed by atoms with E-state index in [9.17, 15) is 0 Å². The van der Waals surface area contributed by atoms with Gasteiger partial charge in [0.05, 0.1) is 6.04 Å². The van der Waals surface area contributed by atoms with Gasteiger partial charge in [-0.05, 0) is 41.4 Å². The van der Waals surface area contributed by atoms with Gasteiger partial charge in [0.1, 0.15) is 9.39 Å². The van der Waals surface area contributed by atoms with Gasteiger partial charge in [-0.2, -0.15) is 0 Å². The summed E-state index contributed by atoms with van der Waals surface area (Å²) in [6.45, 7) is 2.81. The lowest BCUT2D eigenvalue weighted by Crippen LogP contribution is -2.20. The van der Waals surface area contributed by atoms with Gasteiger partial charge >= 0.3 is 0 Å². The number of nitrogens with zero attached hydrogens (tertiary/aromatic N) is 3. The second-order valence-electron chi connectivity index (χ2n) is 4.40. The molecule has 2 unspecified atom stereocenters. The number of nitrogens with two attached hydrogens (primary N) is 1. The maximum absolute atomic E-state index is 5.60. The molecule has 2 rings (SSSR count). The highest BCUT2D eigenvalue weighted by Gasteiger charge is 2.23. The molecular formula is C10H17IN4. The van der Waals surface area contributed by atoms with Gasteiger partial charge < -0.3 is 5.73 Å². The van der Waals surface area contributed by atoms with Crippen LogP contribution in [0.25, 0.3) is 0 Å². The molecule has 1 aromatic heterocycles. The molecule has 1 aliphatic carbocycles. The van der Waals surface area contributed by atoms with Crippen LogP contribution in [0.5, 0.6) is 0 Å². The Balaban J connectivity index is 2.17. The molecule has 1 aromatic rings. The minimum Gasteiger partial charge on any atom is -0.325 e. The molecular weight excluding hydrogens is 303 g/mol. The van der Waals surface area contributed by atoms with E-state index in [2.05, 4.69) is 44.5 Å². The molecule has 5 heteroatoms. The molecule has 0 aliphatic heterocycles. The number of rotatable bonds is 2. The van der Waals surface area contributed by atoms with Crippen LogP contribution in [0.3, 0.4) is 0 Å². The van der Waals surface area contributed by atoms with Crippen molar-refractivity contribution >= 4 is 22.6 Å². The average molecular weight is 320 g/mol. The van der Waals surface area contributed by atoms with Crippen LogP contribution in [0.1, 0.15) is 44.3 Å². The van der Waals surface area contributed by atoms with E-state index < -0.39 is 0 Å². The van der Waals surface area contributed by atoms with E-state index in [0.29, 0.717) is 12.6 Å². The molecule has 0 saturated heterocycles. The van der Waals surface area contributed by atoms with Crippen LogP contribution in [0, 0.1) is 9.62 Å². The lowest BCUT2D eigenvalue weighted by molar-refractivity contribution is 0.260. The number of halogens is 1. The SMILES string of the molecule is CC1CCCC(n2nnc(CN)c2I)C1. The van der Waals surface area contributed by atoms with E-state index in [-0.39, 0.29) is 0 Å². The van der Waals surface area contributed by atoms with Crippen molar-refractivity contribution in [1.82, 2.24) is 15.0 Å². The minimum atomic E-state index is 0.487. The van der Waals surface area contributed by atoms with Gasteiger partial charge in [-0.25, -0.2) is 4.68 Å². The van der Waals surface area contributed by atoms with Crippen LogP contribution in [0.15, 0.2) is 0 Å². The monoisotopic (exact) mass is 320 g/mol. The van der Waals surface area contributed by atoms with E-state index in [1.54, 1.807) is 0 Å².